The van der Waals surface area contributed by atoms with Crippen LogP contribution >= 0.6 is 11.3 Å². The Morgan fingerprint density at radius 1 is 1.11 bits per heavy atom. The van der Waals surface area contributed by atoms with Gasteiger partial charge in [0.05, 0.1) is 23.6 Å². The van der Waals surface area contributed by atoms with Crippen molar-refractivity contribution in [1.82, 2.24) is 0 Å². The summed E-state index contributed by atoms with van der Waals surface area (Å²) in [6.45, 7) is 9.79. The number of aryl methyl sites for hydroxylation is 1. The highest BCUT2D eigenvalue weighted by Gasteiger charge is 2.23. The molecule has 0 saturated carbocycles. The summed E-state index contributed by atoms with van der Waals surface area (Å²) in [5, 5.41) is 6.38. The van der Waals surface area contributed by atoms with Crippen LogP contribution in [0.3, 0.4) is 0 Å². The van der Waals surface area contributed by atoms with E-state index < -0.39 is 5.41 Å². The normalized spacial score (nSPS) is 11.0. The molecule has 6 nitrogen and oxygen atoms in total. The van der Waals surface area contributed by atoms with Crippen LogP contribution in [0.25, 0.3) is 0 Å². The number of thiophene rings is 1. The number of methoxy groups -OCH3 is 1. The molecule has 1 aromatic carbocycles. The van der Waals surface area contributed by atoms with Gasteiger partial charge in [0.2, 0.25) is 5.91 Å². The van der Waals surface area contributed by atoms with E-state index in [0.717, 1.165) is 5.56 Å². The van der Waals surface area contributed by atoms with E-state index in [9.17, 15) is 9.59 Å². The van der Waals surface area contributed by atoms with Crippen molar-refractivity contribution in [3.8, 4) is 11.5 Å². The van der Waals surface area contributed by atoms with Crippen molar-refractivity contribution < 1.29 is 19.1 Å². The van der Waals surface area contributed by atoms with Gasteiger partial charge in [-0.15, -0.1) is 11.3 Å². The Morgan fingerprint density at radius 3 is 2.41 bits per heavy atom. The molecular weight excluding hydrogens is 364 g/mol. The molecule has 146 valence electrons. The summed E-state index contributed by atoms with van der Waals surface area (Å²) in [6, 6.07) is 7.04. The van der Waals surface area contributed by atoms with Crippen LogP contribution in [0.2, 0.25) is 0 Å². The lowest BCUT2D eigenvalue weighted by atomic mass is 9.96. The number of amides is 2. The van der Waals surface area contributed by atoms with E-state index in [1.54, 1.807) is 25.3 Å². The van der Waals surface area contributed by atoms with E-state index in [2.05, 4.69) is 10.6 Å². The molecular formula is C20H26N2O4S. The fraction of sp³-hybridized carbons (Fsp3) is 0.400. The SMILES string of the molecule is CCOc1ccc(NC(=O)c2sc(NC(=O)C(C)(C)C)cc2C)cc1OC. The van der Waals surface area contributed by atoms with Crippen LogP contribution in [0.15, 0.2) is 24.3 Å². The second-order valence-electron chi connectivity index (χ2n) is 7.08. The molecule has 0 unspecified atom stereocenters. The number of nitrogens with one attached hydrogen (secondary N) is 2. The molecule has 0 aliphatic heterocycles. The van der Waals surface area contributed by atoms with E-state index in [1.807, 2.05) is 40.7 Å². The first-order chi connectivity index (χ1) is 12.7. The number of carbonyl (C=O) groups excluding carboxylic acids is 2. The van der Waals surface area contributed by atoms with Gasteiger partial charge in [0, 0.05) is 17.2 Å². The standard InChI is InChI=1S/C20H26N2O4S/c1-7-26-14-9-8-13(11-15(14)25-6)21-18(23)17-12(2)10-16(27-17)22-19(24)20(3,4)5/h8-11H,7H2,1-6H3,(H,21,23)(H,22,24). The molecule has 0 atom stereocenters. The molecule has 2 rings (SSSR count). The van der Waals surface area contributed by atoms with E-state index in [0.29, 0.717) is 33.7 Å². The van der Waals surface area contributed by atoms with Gasteiger partial charge in [-0.25, -0.2) is 0 Å². The smallest absolute Gasteiger partial charge is 0.266 e. The largest absolute Gasteiger partial charge is 0.493 e. The predicted molar refractivity (Wildman–Crippen MR) is 109 cm³/mol. The van der Waals surface area contributed by atoms with E-state index in [-0.39, 0.29) is 11.8 Å². The molecule has 7 heteroatoms. The molecule has 2 aromatic rings. The molecule has 0 fully saturated rings. The first-order valence-corrected chi connectivity index (χ1v) is 9.51. The summed E-state index contributed by atoms with van der Waals surface area (Å²) in [5.41, 5.74) is 0.909. The maximum atomic E-state index is 12.7. The van der Waals surface area contributed by atoms with E-state index >= 15 is 0 Å². The highest BCUT2D eigenvalue weighted by molar-refractivity contribution is 7.18. The van der Waals surface area contributed by atoms with Gasteiger partial charge < -0.3 is 20.1 Å². The Labute approximate surface area is 163 Å². The molecule has 1 heterocycles. The summed E-state index contributed by atoms with van der Waals surface area (Å²) in [7, 11) is 1.55. The fourth-order valence-corrected chi connectivity index (χ4v) is 3.24. The molecule has 0 bridgehead atoms. The zero-order valence-corrected chi connectivity index (χ0v) is 17.4. The molecule has 0 aliphatic rings. The van der Waals surface area contributed by atoms with Crippen LogP contribution < -0.4 is 20.1 Å². The lowest BCUT2D eigenvalue weighted by molar-refractivity contribution is -0.123. The summed E-state index contributed by atoms with van der Waals surface area (Å²) in [5.74, 6) is 0.847. The molecule has 2 amide bonds. The minimum atomic E-state index is -0.501. The van der Waals surface area contributed by atoms with Crippen molar-refractivity contribution in [2.24, 2.45) is 5.41 Å². The maximum absolute atomic E-state index is 12.7. The van der Waals surface area contributed by atoms with Gasteiger partial charge in [-0.05, 0) is 37.6 Å². The summed E-state index contributed by atoms with van der Waals surface area (Å²) in [4.78, 5) is 25.3. The molecule has 0 aliphatic carbocycles. The van der Waals surface area contributed by atoms with E-state index in [1.165, 1.54) is 11.3 Å². The lowest BCUT2D eigenvalue weighted by Gasteiger charge is -2.16. The third-order valence-electron chi connectivity index (χ3n) is 3.76. The fourth-order valence-electron chi connectivity index (χ4n) is 2.28. The van der Waals surface area contributed by atoms with Crippen LogP contribution in [-0.4, -0.2) is 25.5 Å². The number of hydrogen-bond donors (Lipinski definition) is 2. The minimum Gasteiger partial charge on any atom is -0.493 e. The van der Waals surface area contributed by atoms with Crippen LogP contribution in [0, 0.1) is 12.3 Å². The van der Waals surface area contributed by atoms with Crippen LogP contribution in [-0.2, 0) is 4.79 Å². The van der Waals surface area contributed by atoms with Gasteiger partial charge >= 0.3 is 0 Å². The van der Waals surface area contributed by atoms with Gasteiger partial charge in [-0.1, -0.05) is 20.8 Å². The van der Waals surface area contributed by atoms with Crippen molar-refractivity contribution >= 4 is 33.8 Å². The quantitative estimate of drug-likeness (QED) is 0.749. The lowest BCUT2D eigenvalue weighted by Crippen LogP contribution is -2.27. The van der Waals surface area contributed by atoms with Gasteiger partial charge in [0.15, 0.2) is 11.5 Å². The number of ether oxygens (including phenoxy) is 2. The van der Waals surface area contributed by atoms with Crippen molar-refractivity contribution in [3.05, 3.63) is 34.7 Å². The van der Waals surface area contributed by atoms with Crippen LogP contribution in [0.4, 0.5) is 10.7 Å². The number of rotatable bonds is 6. The summed E-state index contributed by atoms with van der Waals surface area (Å²) in [6.07, 6.45) is 0. The second kappa shape index (κ2) is 8.43. The monoisotopic (exact) mass is 390 g/mol. The molecule has 2 N–H and O–H groups in total. The molecule has 0 spiro atoms. The van der Waals surface area contributed by atoms with Crippen molar-refractivity contribution in [3.63, 3.8) is 0 Å². The minimum absolute atomic E-state index is 0.0908. The topological polar surface area (TPSA) is 76.7 Å². The molecule has 1 aromatic heterocycles. The zero-order chi connectivity index (χ0) is 20.2. The van der Waals surface area contributed by atoms with Crippen molar-refractivity contribution in [1.29, 1.82) is 0 Å². The van der Waals surface area contributed by atoms with Gasteiger partial charge in [-0.3, -0.25) is 9.59 Å². The van der Waals surface area contributed by atoms with E-state index in [4.69, 9.17) is 9.47 Å². The van der Waals surface area contributed by atoms with Gasteiger partial charge in [0.25, 0.3) is 5.91 Å². The Kier molecular flexibility index (Phi) is 6.49. The Morgan fingerprint density at radius 2 is 1.81 bits per heavy atom. The number of anilines is 2. The Hall–Kier alpha value is -2.54. The molecule has 27 heavy (non-hydrogen) atoms. The first-order valence-electron chi connectivity index (χ1n) is 8.69. The average Bonchev–Trinajstić information content (AvgIpc) is 2.96. The molecule has 0 radical (unpaired) electrons. The predicted octanol–water partition coefficient (Wildman–Crippen LogP) is 4.70. The Balaban J connectivity index is 2.16. The number of hydrogen-bond acceptors (Lipinski definition) is 5. The van der Waals surface area contributed by atoms with Crippen LogP contribution in [0.1, 0.15) is 42.9 Å². The third-order valence-corrected chi connectivity index (χ3v) is 4.91. The highest BCUT2D eigenvalue weighted by atomic mass is 32.1. The van der Waals surface area contributed by atoms with Crippen LogP contribution in [0.5, 0.6) is 11.5 Å². The summed E-state index contributed by atoms with van der Waals surface area (Å²) < 4.78 is 10.8. The van der Waals surface area contributed by atoms with Gasteiger partial charge in [-0.2, -0.15) is 0 Å². The maximum Gasteiger partial charge on any atom is 0.266 e. The highest BCUT2D eigenvalue weighted by Crippen LogP contribution is 2.32. The van der Waals surface area contributed by atoms with Crippen molar-refractivity contribution in [2.75, 3.05) is 24.4 Å². The second-order valence-corrected chi connectivity index (χ2v) is 8.13. The number of benzene rings is 1. The summed E-state index contributed by atoms with van der Waals surface area (Å²) >= 11 is 1.25. The van der Waals surface area contributed by atoms with Gasteiger partial charge in [0.1, 0.15) is 0 Å². The third kappa shape index (κ3) is 5.23. The first kappa shape index (κ1) is 20.8. The number of carbonyl (C=O) groups is 2. The Bertz CT molecular complexity index is 837. The van der Waals surface area contributed by atoms with Crippen molar-refractivity contribution in [2.45, 2.75) is 34.6 Å². The zero-order valence-electron chi connectivity index (χ0n) is 16.6. The molecule has 0 saturated heterocycles. The average molecular weight is 391 g/mol.